The number of nitrogens with two attached hydrogens (primary N) is 1. The van der Waals surface area contributed by atoms with Crippen molar-refractivity contribution in [2.24, 2.45) is 29.4 Å². The molecule has 0 saturated heterocycles. The Kier molecular flexibility index (Phi) is 5.69. The number of alkyl halides is 1. The van der Waals surface area contributed by atoms with Crippen LogP contribution in [0.2, 0.25) is 0 Å². The van der Waals surface area contributed by atoms with Crippen LogP contribution in [0, 0.1) is 23.7 Å². The molecule has 2 N–H and O–H groups in total. The van der Waals surface area contributed by atoms with Gasteiger partial charge in [-0.15, -0.1) is 0 Å². The highest BCUT2D eigenvalue weighted by Crippen LogP contribution is 2.45. The maximum atomic E-state index is 6.06. The van der Waals surface area contributed by atoms with Crippen molar-refractivity contribution >= 4 is 22.6 Å². The lowest BCUT2D eigenvalue weighted by atomic mass is 9.66. The highest BCUT2D eigenvalue weighted by atomic mass is 127. The van der Waals surface area contributed by atoms with E-state index in [1.807, 2.05) is 0 Å². The molecule has 0 radical (unpaired) electrons. The van der Waals surface area contributed by atoms with Crippen LogP contribution < -0.4 is 5.73 Å². The molecule has 3 saturated carbocycles. The molecule has 20 heavy (non-hydrogen) atoms. The first-order valence-corrected chi connectivity index (χ1v) is 10.4. The SMILES string of the molecule is NC1CCC(C2CCC(C3CCC(I)CC3)CC2)CC1. The summed E-state index contributed by atoms with van der Waals surface area (Å²) in [5.41, 5.74) is 6.06. The van der Waals surface area contributed by atoms with Gasteiger partial charge in [-0.3, -0.25) is 0 Å². The zero-order chi connectivity index (χ0) is 13.9. The number of hydrogen-bond donors (Lipinski definition) is 1. The zero-order valence-corrected chi connectivity index (χ0v) is 15.1. The van der Waals surface area contributed by atoms with E-state index < -0.39 is 0 Å². The van der Waals surface area contributed by atoms with Crippen molar-refractivity contribution in [2.75, 3.05) is 0 Å². The average Bonchev–Trinajstić information content (AvgIpc) is 2.49. The molecule has 3 aliphatic carbocycles. The fourth-order valence-electron chi connectivity index (χ4n) is 5.25. The highest BCUT2D eigenvalue weighted by molar-refractivity contribution is 14.1. The minimum absolute atomic E-state index is 0.519. The molecular formula is C18H32IN. The van der Waals surface area contributed by atoms with Crippen molar-refractivity contribution in [3.8, 4) is 0 Å². The standard InChI is InChI=1S/C18H32IN/c19-17-9-5-15(6-10-17)13-1-3-14(4-2-13)16-7-11-18(20)12-8-16/h13-18H,1-12,20H2. The monoisotopic (exact) mass is 389 g/mol. The minimum Gasteiger partial charge on any atom is -0.328 e. The third kappa shape index (κ3) is 3.91. The van der Waals surface area contributed by atoms with Crippen molar-refractivity contribution in [1.82, 2.24) is 0 Å². The second-order valence-corrected chi connectivity index (χ2v) is 9.62. The van der Waals surface area contributed by atoms with Crippen molar-refractivity contribution in [1.29, 1.82) is 0 Å². The van der Waals surface area contributed by atoms with Crippen molar-refractivity contribution in [3.05, 3.63) is 0 Å². The Bertz CT molecular complexity index is 252. The van der Waals surface area contributed by atoms with E-state index in [2.05, 4.69) is 22.6 Å². The molecule has 0 aromatic rings. The lowest BCUT2D eigenvalue weighted by molar-refractivity contribution is 0.121. The summed E-state index contributed by atoms with van der Waals surface area (Å²) in [7, 11) is 0. The summed E-state index contributed by atoms with van der Waals surface area (Å²) in [4.78, 5) is 0. The zero-order valence-electron chi connectivity index (χ0n) is 12.9. The lowest BCUT2D eigenvalue weighted by Crippen LogP contribution is -2.32. The van der Waals surface area contributed by atoms with Crippen LogP contribution >= 0.6 is 22.6 Å². The second kappa shape index (κ2) is 7.30. The van der Waals surface area contributed by atoms with Gasteiger partial charge in [0.15, 0.2) is 0 Å². The Morgan fingerprint density at radius 1 is 0.500 bits per heavy atom. The van der Waals surface area contributed by atoms with Gasteiger partial charge in [-0.25, -0.2) is 0 Å². The first-order chi connectivity index (χ1) is 9.72. The maximum Gasteiger partial charge on any atom is 0.0110 e. The van der Waals surface area contributed by atoms with Gasteiger partial charge in [0, 0.05) is 9.97 Å². The molecule has 0 bridgehead atoms. The molecule has 0 unspecified atom stereocenters. The molecule has 0 aliphatic heterocycles. The molecule has 3 rings (SSSR count). The van der Waals surface area contributed by atoms with Crippen LogP contribution in [0.4, 0.5) is 0 Å². The Hall–Kier alpha value is 0.690. The highest BCUT2D eigenvalue weighted by Gasteiger charge is 2.33. The third-order valence-electron chi connectivity index (χ3n) is 6.67. The molecule has 3 fully saturated rings. The summed E-state index contributed by atoms with van der Waals surface area (Å²) < 4.78 is 0.978. The van der Waals surface area contributed by atoms with Crippen LogP contribution in [0.3, 0.4) is 0 Å². The van der Waals surface area contributed by atoms with Gasteiger partial charge < -0.3 is 5.73 Å². The van der Waals surface area contributed by atoms with Crippen LogP contribution in [0.1, 0.15) is 77.0 Å². The Morgan fingerprint density at radius 3 is 1.20 bits per heavy atom. The van der Waals surface area contributed by atoms with Crippen LogP contribution in [-0.4, -0.2) is 9.97 Å². The summed E-state index contributed by atoms with van der Waals surface area (Å²) >= 11 is 2.66. The third-order valence-corrected chi connectivity index (χ3v) is 7.91. The largest absolute Gasteiger partial charge is 0.328 e. The molecule has 3 aliphatic rings. The summed E-state index contributed by atoms with van der Waals surface area (Å²) in [6.45, 7) is 0. The number of rotatable bonds is 2. The van der Waals surface area contributed by atoms with E-state index in [1.165, 1.54) is 64.2 Å². The molecule has 0 amide bonds. The smallest absolute Gasteiger partial charge is 0.0110 e. The molecule has 0 aromatic heterocycles. The quantitative estimate of drug-likeness (QED) is 0.503. The van der Waals surface area contributed by atoms with Gasteiger partial charge in [-0.2, -0.15) is 0 Å². The number of hydrogen-bond acceptors (Lipinski definition) is 1. The van der Waals surface area contributed by atoms with E-state index in [0.717, 1.165) is 27.6 Å². The van der Waals surface area contributed by atoms with Gasteiger partial charge in [0.25, 0.3) is 0 Å². The predicted octanol–water partition coefficient (Wildman–Crippen LogP) is 5.30. The van der Waals surface area contributed by atoms with Gasteiger partial charge in [-0.1, -0.05) is 22.6 Å². The van der Waals surface area contributed by atoms with E-state index >= 15 is 0 Å². The molecule has 116 valence electrons. The second-order valence-electron chi connectivity index (χ2n) is 7.86. The van der Waals surface area contributed by atoms with E-state index in [0.29, 0.717) is 6.04 Å². The lowest BCUT2D eigenvalue weighted by Gasteiger charge is -2.40. The first-order valence-electron chi connectivity index (χ1n) is 9.12. The van der Waals surface area contributed by atoms with E-state index in [1.54, 1.807) is 12.8 Å². The summed E-state index contributed by atoms with van der Waals surface area (Å²) in [6.07, 6.45) is 17.7. The fraction of sp³-hybridized carbons (Fsp3) is 1.00. The van der Waals surface area contributed by atoms with Gasteiger partial charge in [-0.05, 0) is 101 Å². The number of halogens is 1. The van der Waals surface area contributed by atoms with Crippen molar-refractivity contribution < 1.29 is 0 Å². The topological polar surface area (TPSA) is 26.0 Å². The minimum atomic E-state index is 0.519. The van der Waals surface area contributed by atoms with E-state index in [-0.39, 0.29) is 0 Å². The normalized spacial score (nSPS) is 47.1. The molecule has 0 heterocycles. The Balaban J connectivity index is 1.42. The molecular weight excluding hydrogens is 357 g/mol. The van der Waals surface area contributed by atoms with Crippen LogP contribution in [0.15, 0.2) is 0 Å². The van der Waals surface area contributed by atoms with Gasteiger partial charge >= 0.3 is 0 Å². The summed E-state index contributed by atoms with van der Waals surface area (Å²) in [5.74, 6) is 4.25. The average molecular weight is 389 g/mol. The van der Waals surface area contributed by atoms with Gasteiger partial charge in [0.05, 0.1) is 0 Å². The molecule has 0 aromatic carbocycles. The van der Waals surface area contributed by atoms with Gasteiger partial charge in [0.2, 0.25) is 0 Å². The Morgan fingerprint density at radius 2 is 0.800 bits per heavy atom. The molecule has 1 nitrogen and oxygen atoms in total. The summed E-state index contributed by atoms with van der Waals surface area (Å²) in [5, 5.41) is 0. The summed E-state index contributed by atoms with van der Waals surface area (Å²) in [6, 6.07) is 0.519. The Labute approximate surface area is 139 Å². The predicted molar refractivity (Wildman–Crippen MR) is 95.1 cm³/mol. The van der Waals surface area contributed by atoms with Gasteiger partial charge in [0.1, 0.15) is 0 Å². The molecule has 2 heteroatoms. The maximum absolute atomic E-state index is 6.06. The molecule has 0 spiro atoms. The van der Waals surface area contributed by atoms with E-state index in [9.17, 15) is 0 Å². The first kappa shape index (κ1) is 15.6. The fourth-order valence-corrected chi connectivity index (χ4v) is 5.97. The van der Waals surface area contributed by atoms with Crippen LogP contribution in [0.25, 0.3) is 0 Å². The van der Waals surface area contributed by atoms with E-state index in [4.69, 9.17) is 5.73 Å². The molecule has 0 atom stereocenters. The van der Waals surface area contributed by atoms with Crippen molar-refractivity contribution in [3.63, 3.8) is 0 Å². The van der Waals surface area contributed by atoms with Crippen molar-refractivity contribution in [2.45, 2.75) is 87.0 Å². The van der Waals surface area contributed by atoms with Crippen LogP contribution in [0.5, 0.6) is 0 Å². The van der Waals surface area contributed by atoms with Crippen LogP contribution in [-0.2, 0) is 0 Å².